The van der Waals surface area contributed by atoms with Crippen LogP contribution in [0.5, 0.6) is 0 Å². The third-order valence-electron chi connectivity index (χ3n) is 3.36. The Morgan fingerprint density at radius 3 is 2.80 bits per heavy atom. The predicted octanol–water partition coefficient (Wildman–Crippen LogP) is 1.65. The van der Waals surface area contributed by atoms with Crippen LogP contribution < -0.4 is 0 Å². The van der Waals surface area contributed by atoms with Crippen LogP contribution in [0.3, 0.4) is 0 Å². The van der Waals surface area contributed by atoms with Gasteiger partial charge in [0.2, 0.25) is 0 Å². The van der Waals surface area contributed by atoms with Crippen molar-refractivity contribution in [3.8, 4) is 0 Å². The van der Waals surface area contributed by atoms with Crippen LogP contribution in [-0.2, 0) is 4.74 Å². The van der Waals surface area contributed by atoms with Gasteiger partial charge in [0.1, 0.15) is 0 Å². The summed E-state index contributed by atoms with van der Waals surface area (Å²) in [5.74, 6) is 0. The highest BCUT2D eigenvalue weighted by Gasteiger charge is 2.30. The molecule has 0 radical (unpaired) electrons. The standard InChI is InChI=1S/C12H25NO2/c1-12(15-2)7-6-9-13(11-12)8-4-3-5-10-14/h14H,3-11H2,1-2H3. The van der Waals surface area contributed by atoms with Crippen molar-refractivity contribution in [1.29, 1.82) is 0 Å². The van der Waals surface area contributed by atoms with Gasteiger partial charge in [-0.3, -0.25) is 0 Å². The van der Waals surface area contributed by atoms with Crippen molar-refractivity contribution in [3.05, 3.63) is 0 Å². The summed E-state index contributed by atoms with van der Waals surface area (Å²) in [6, 6.07) is 0. The van der Waals surface area contributed by atoms with Gasteiger partial charge in [0.25, 0.3) is 0 Å². The molecule has 1 aliphatic heterocycles. The summed E-state index contributed by atoms with van der Waals surface area (Å²) >= 11 is 0. The molecule has 0 bridgehead atoms. The van der Waals surface area contributed by atoms with E-state index in [4.69, 9.17) is 9.84 Å². The highest BCUT2D eigenvalue weighted by molar-refractivity contribution is 4.84. The van der Waals surface area contributed by atoms with E-state index >= 15 is 0 Å². The number of methoxy groups -OCH3 is 1. The molecule has 0 saturated carbocycles. The fourth-order valence-electron chi connectivity index (χ4n) is 2.29. The lowest BCUT2D eigenvalue weighted by Crippen LogP contribution is -2.47. The zero-order valence-electron chi connectivity index (χ0n) is 10.2. The molecule has 1 saturated heterocycles. The van der Waals surface area contributed by atoms with Gasteiger partial charge in [-0.05, 0) is 52.1 Å². The molecule has 0 spiro atoms. The summed E-state index contributed by atoms with van der Waals surface area (Å²) in [7, 11) is 1.81. The van der Waals surface area contributed by atoms with Gasteiger partial charge in [-0.1, -0.05) is 0 Å². The summed E-state index contributed by atoms with van der Waals surface area (Å²) < 4.78 is 5.55. The van der Waals surface area contributed by atoms with Gasteiger partial charge < -0.3 is 14.7 Å². The Labute approximate surface area is 93.4 Å². The Morgan fingerprint density at radius 2 is 2.13 bits per heavy atom. The fraction of sp³-hybridized carbons (Fsp3) is 1.00. The first-order valence-corrected chi connectivity index (χ1v) is 6.08. The monoisotopic (exact) mass is 215 g/mol. The Morgan fingerprint density at radius 1 is 1.33 bits per heavy atom. The lowest BCUT2D eigenvalue weighted by atomic mass is 9.94. The number of nitrogens with zero attached hydrogens (tertiary/aromatic N) is 1. The first kappa shape index (κ1) is 12.9. The molecule has 1 unspecified atom stereocenters. The molecule has 90 valence electrons. The Kier molecular flexibility index (Phi) is 5.58. The molecule has 0 amide bonds. The summed E-state index contributed by atoms with van der Waals surface area (Å²) in [5.41, 5.74) is 0.0647. The molecule has 1 atom stereocenters. The smallest absolute Gasteiger partial charge is 0.0777 e. The highest BCUT2D eigenvalue weighted by atomic mass is 16.5. The van der Waals surface area contributed by atoms with E-state index < -0.39 is 0 Å². The molecule has 3 nitrogen and oxygen atoms in total. The minimum Gasteiger partial charge on any atom is -0.396 e. The molecule has 3 heteroatoms. The predicted molar refractivity (Wildman–Crippen MR) is 62.0 cm³/mol. The maximum absolute atomic E-state index is 8.69. The van der Waals surface area contributed by atoms with Crippen molar-refractivity contribution in [3.63, 3.8) is 0 Å². The average molecular weight is 215 g/mol. The van der Waals surface area contributed by atoms with Gasteiger partial charge >= 0.3 is 0 Å². The Balaban J connectivity index is 2.18. The summed E-state index contributed by atoms with van der Waals surface area (Å²) in [4.78, 5) is 2.49. The Hall–Kier alpha value is -0.120. The third-order valence-corrected chi connectivity index (χ3v) is 3.36. The van der Waals surface area contributed by atoms with Crippen LogP contribution in [0.4, 0.5) is 0 Å². The van der Waals surface area contributed by atoms with Crippen LogP contribution >= 0.6 is 0 Å². The SMILES string of the molecule is COC1(C)CCCN(CCCCCO)C1. The largest absolute Gasteiger partial charge is 0.396 e. The van der Waals surface area contributed by atoms with Gasteiger partial charge in [0, 0.05) is 20.3 Å². The van der Waals surface area contributed by atoms with E-state index in [1.54, 1.807) is 0 Å². The molecule has 1 rings (SSSR count). The van der Waals surface area contributed by atoms with Crippen molar-refractivity contribution < 1.29 is 9.84 Å². The van der Waals surface area contributed by atoms with Crippen LogP contribution in [0.1, 0.15) is 39.0 Å². The number of piperidine rings is 1. The molecule has 1 fully saturated rings. The lowest BCUT2D eigenvalue weighted by molar-refractivity contribution is -0.0508. The second-order valence-corrected chi connectivity index (χ2v) is 4.82. The number of aliphatic hydroxyl groups excluding tert-OH is 1. The van der Waals surface area contributed by atoms with E-state index in [0.29, 0.717) is 6.61 Å². The van der Waals surface area contributed by atoms with Gasteiger partial charge in [0.05, 0.1) is 5.60 Å². The second-order valence-electron chi connectivity index (χ2n) is 4.82. The molecule has 0 aromatic carbocycles. The topological polar surface area (TPSA) is 32.7 Å². The number of rotatable bonds is 6. The van der Waals surface area contributed by atoms with Crippen molar-refractivity contribution in [1.82, 2.24) is 4.90 Å². The third kappa shape index (κ3) is 4.49. The lowest BCUT2D eigenvalue weighted by Gasteiger charge is -2.39. The highest BCUT2D eigenvalue weighted by Crippen LogP contribution is 2.23. The number of aliphatic hydroxyl groups is 1. The summed E-state index contributed by atoms with van der Waals surface area (Å²) in [6.45, 7) is 5.95. The maximum atomic E-state index is 8.69. The van der Waals surface area contributed by atoms with E-state index in [1.165, 1.54) is 25.8 Å². The number of ether oxygens (including phenoxy) is 1. The molecule has 15 heavy (non-hydrogen) atoms. The number of likely N-dealkylation sites (tertiary alicyclic amines) is 1. The molecule has 1 N–H and O–H groups in total. The van der Waals surface area contributed by atoms with Crippen molar-refractivity contribution >= 4 is 0 Å². The van der Waals surface area contributed by atoms with Crippen molar-refractivity contribution in [2.45, 2.75) is 44.6 Å². The number of hydrogen-bond acceptors (Lipinski definition) is 3. The molecule has 1 aliphatic rings. The van der Waals surface area contributed by atoms with Crippen LogP contribution in [0.15, 0.2) is 0 Å². The minimum atomic E-state index is 0.0647. The van der Waals surface area contributed by atoms with Crippen LogP contribution in [0.2, 0.25) is 0 Å². The first-order chi connectivity index (χ1) is 7.20. The van der Waals surface area contributed by atoms with Crippen LogP contribution in [0.25, 0.3) is 0 Å². The summed E-state index contributed by atoms with van der Waals surface area (Å²) in [6.07, 6.45) is 5.69. The second kappa shape index (κ2) is 6.46. The normalized spacial score (nSPS) is 28.2. The van der Waals surface area contributed by atoms with Crippen LogP contribution in [0, 0.1) is 0 Å². The number of unbranched alkanes of at least 4 members (excludes halogenated alkanes) is 2. The van der Waals surface area contributed by atoms with E-state index in [2.05, 4.69) is 11.8 Å². The molecular weight excluding hydrogens is 190 g/mol. The molecule has 0 aromatic heterocycles. The van der Waals surface area contributed by atoms with E-state index in [1.807, 2.05) is 7.11 Å². The van der Waals surface area contributed by atoms with Crippen molar-refractivity contribution in [2.75, 3.05) is 33.4 Å². The Bertz CT molecular complexity index is 175. The average Bonchev–Trinajstić information content (AvgIpc) is 2.25. The van der Waals surface area contributed by atoms with Gasteiger partial charge in [-0.2, -0.15) is 0 Å². The van der Waals surface area contributed by atoms with Gasteiger partial charge in [-0.15, -0.1) is 0 Å². The zero-order chi connectivity index (χ0) is 11.1. The van der Waals surface area contributed by atoms with Crippen LogP contribution in [-0.4, -0.2) is 49.0 Å². The molecular formula is C12H25NO2. The van der Waals surface area contributed by atoms with E-state index in [-0.39, 0.29) is 5.60 Å². The molecule has 0 aromatic rings. The molecule has 0 aliphatic carbocycles. The van der Waals surface area contributed by atoms with Gasteiger partial charge in [0.15, 0.2) is 0 Å². The first-order valence-electron chi connectivity index (χ1n) is 6.08. The summed E-state index contributed by atoms with van der Waals surface area (Å²) in [5, 5.41) is 8.69. The zero-order valence-corrected chi connectivity index (χ0v) is 10.2. The number of hydrogen-bond donors (Lipinski definition) is 1. The fourth-order valence-corrected chi connectivity index (χ4v) is 2.29. The molecule has 1 heterocycles. The van der Waals surface area contributed by atoms with Crippen molar-refractivity contribution in [2.24, 2.45) is 0 Å². The van der Waals surface area contributed by atoms with E-state index in [0.717, 1.165) is 25.9 Å². The quantitative estimate of drug-likeness (QED) is 0.684. The minimum absolute atomic E-state index is 0.0647. The van der Waals surface area contributed by atoms with Gasteiger partial charge in [-0.25, -0.2) is 0 Å². The van der Waals surface area contributed by atoms with E-state index in [9.17, 15) is 0 Å². The maximum Gasteiger partial charge on any atom is 0.0777 e.